The second-order valence-corrected chi connectivity index (χ2v) is 7.67. The highest BCUT2D eigenvalue weighted by Crippen LogP contribution is 2.25. The molecule has 6 N–H and O–H groups in total. The summed E-state index contributed by atoms with van der Waals surface area (Å²) in [4.78, 5) is 32.9. The van der Waals surface area contributed by atoms with E-state index in [0.717, 1.165) is 6.42 Å². The minimum atomic E-state index is -4.64. The topological polar surface area (TPSA) is 133 Å². The number of nitrogens with two attached hydrogens (primary N) is 1. The number of nitrogens with one attached hydrogen (secondary N) is 1. The van der Waals surface area contributed by atoms with E-state index in [9.17, 15) is 4.79 Å². The van der Waals surface area contributed by atoms with Gasteiger partial charge in [-0.15, -0.1) is 0 Å². The smallest absolute Gasteiger partial charge is 0.355 e. The van der Waals surface area contributed by atoms with Crippen molar-refractivity contribution in [2.24, 2.45) is 5.73 Å². The molecule has 0 radical (unpaired) electrons. The number of unbranched alkanes of at least 4 members (excludes halogenated alkanes) is 12. The highest BCUT2D eigenvalue weighted by molar-refractivity contribution is 7.45. The lowest BCUT2D eigenvalue weighted by Gasteiger charge is -2.04. The fourth-order valence-electron chi connectivity index (χ4n) is 2.60. The molecule has 0 aromatic rings. The van der Waals surface area contributed by atoms with Crippen LogP contribution in [0.15, 0.2) is 0 Å². The van der Waals surface area contributed by atoms with Crippen LogP contribution < -0.4 is 11.1 Å². The van der Waals surface area contributed by atoms with Gasteiger partial charge in [0.1, 0.15) is 0 Å². The number of carbonyl (C=O) groups excluding carboxylic acids is 1. The molecule has 7 nitrogen and oxygen atoms in total. The molecule has 0 aliphatic rings. The van der Waals surface area contributed by atoms with E-state index in [0.29, 0.717) is 19.5 Å². The Hall–Kier alpha value is -0.460. The zero-order valence-corrected chi connectivity index (χ0v) is 17.4. The zero-order chi connectivity index (χ0) is 20.1. The predicted octanol–water partition coefficient (Wildman–Crippen LogP) is 3.61. The van der Waals surface area contributed by atoms with Crippen LogP contribution in [0.5, 0.6) is 0 Å². The Kier molecular flexibility index (Phi) is 22.3. The monoisotopic (exact) mass is 396 g/mol. The lowest BCUT2D eigenvalue weighted by atomic mass is 10.0. The van der Waals surface area contributed by atoms with E-state index in [1.807, 2.05) is 0 Å². The average molecular weight is 397 g/mol. The number of hydrogen-bond donors (Lipinski definition) is 5. The van der Waals surface area contributed by atoms with Crippen molar-refractivity contribution in [3.8, 4) is 0 Å². The molecule has 8 heteroatoms. The van der Waals surface area contributed by atoms with Gasteiger partial charge in [-0.2, -0.15) is 0 Å². The highest BCUT2D eigenvalue weighted by Gasteiger charge is 2.00. The maximum absolute atomic E-state index is 11.3. The van der Waals surface area contributed by atoms with Crippen molar-refractivity contribution in [2.75, 3.05) is 13.1 Å². The van der Waals surface area contributed by atoms with Crippen LogP contribution in [0.25, 0.3) is 0 Å². The van der Waals surface area contributed by atoms with Crippen LogP contribution in [0.4, 0.5) is 0 Å². The zero-order valence-electron chi connectivity index (χ0n) is 16.5. The van der Waals surface area contributed by atoms with Crippen molar-refractivity contribution < 1.29 is 24.0 Å². The van der Waals surface area contributed by atoms with Gasteiger partial charge in [0, 0.05) is 19.5 Å². The van der Waals surface area contributed by atoms with Crippen LogP contribution in [0, 0.1) is 0 Å². The van der Waals surface area contributed by atoms with Crippen LogP contribution in [-0.4, -0.2) is 33.7 Å². The summed E-state index contributed by atoms with van der Waals surface area (Å²) in [5.74, 6) is 0.156. The summed E-state index contributed by atoms with van der Waals surface area (Å²) >= 11 is 0. The van der Waals surface area contributed by atoms with Crippen molar-refractivity contribution in [3.63, 3.8) is 0 Å². The fourth-order valence-corrected chi connectivity index (χ4v) is 2.60. The molecule has 0 aromatic carbocycles. The van der Waals surface area contributed by atoms with Crippen molar-refractivity contribution in [1.82, 2.24) is 5.32 Å². The van der Waals surface area contributed by atoms with Crippen molar-refractivity contribution >= 4 is 13.7 Å². The first kappa shape index (κ1) is 27.8. The van der Waals surface area contributed by atoms with E-state index in [4.69, 9.17) is 25.0 Å². The normalized spacial score (nSPS) is 11.0. The molecule has 0 bridgehead atoms. The molecule has 0 heterocycles. The van der Waals surface area contributed by atoms with Gasteiger partial charge in [-0.3, -0.25) is 4.79 Å². The van der Waals surface area contributed by atoms with Gasteiger partial charge in [0.15, 0.2) is 0 Å². The molecule has 0 spiro atoms. The molecule has 0 rings (SSSR count). The number of phosphoric acid groups is 1. The van der Waals surface area contributed by atoms with Crippen LogP contribution in [0.3, 0.4) is 0 Å². The maximum atomic E-state index is 11.3. The molecule has 0 atom stereocenters. The Morgan fingerprint density at radius 1 is 0.808 bits per heavy atom. The molecule has 26 heavy (non-hydrogen) atoms. The van der Waals surface area contributed by atoms with Gasteiger partial charge in [0.05, 0.1) is 0 Å². The third kappa shape index (κ3) is 34.8. The summed E-state index contributed by atoms with van der Waals surface area (Å²) in [6.07, 6.45) is 18.1. The highest BCUT2D eigenvalue weighted by atomic mass is 31.2. The number of carbonyl (C=O) groups is 1. The standard InChI is InChI=1S/C18H38N2O.H3O4P/c1-2-3-4-5-6-7-8-9-10-11-12-13-14-15-18(21)20-17-16-19;1-5(2,3)4/h2-17,19H2,1H3,(H,20,21);(H3,1,2,3,4). The summed E-state index contributed by atoms with van der Waals surface area (Å²) in [7, 11) is -4.64. The average Bonchev–Trinajstić information content (AvgIpc) is 2.55. The van der Waals surface area contributed by atoms with E-state index in [2.05, 4.69) is 12.2 Å². The summed E-state index contributed by atoms with van der Waals surface area (Å²) < 4.78 is 8.88. The number of rotatable bonds is 16. The predicted molar refractivity (Wildman–Crippen MR) is 107 cm³/mol. The largest absolute Gasteiger partial charge is 0.466 e. The third-order valence-electron chi connectivity index (χ3n) is 3.97. The van der Waals surface area contributed by atoms with E-state index in [-0.39, 0.29) is 5.91 Å². The van der Waals surface area contributed by atoms with Crippen LogP contribution >= 0.6 is 7.82 Å². The Labute approximate surface area is 159 Å². The number of hydrogen-bond acceptors (Lipinski definition) is 3. The van der Waals surface area contributed by atoms with Crippen LogP contribution in [0.1, 0.15) is 96.8 Å². The van der Waals surface area contributed by atoms with Crippen LogP contribution in [-0.2, 0) is 9.36 Å². The third-order valence-corrected chi connectivity index (χ3v) is 3.97. The SMILES string of the molecule is CCCCCCCCCCCCCCCC(=O)NCCN.O=P(O)(O)O. The van der Waals surface area contributed by atoms with Gasteiger partial charge in [-0.25, -0.2) is 4.57 Å². The van der Waals surface area contributed by atoms with E-state index in [1.54, 1.807) is 0 Å². The van der Waals surface area contributed by atoms with Gasteiger partial charge < -0.3 is 25.7 Å². The summed E-state index contributed by atoms with van der Waals surface area (Å²) in [6.45, 7) is 3.41. The molecular weight excluding hydrogens is 355 g/mol. The summed E-state index contributed by atoms with van der Waals surface area (Å²) in [6, 6.07) is 0. The molecule has 0 aliphatic heterocycles. The van der Waals surface area contributed by atoms with Crippen molar-refractivity contribution in [2.45, 2.75) is 96.8 Å². The van der Waals surface area contributed by atoms with Crippen molar-refractivity contribution in [3.05, 3.63) is 0 Å². The van der Waals surface area contributed by atoms with Crippen LogP contribution in [0.2, 0.25) is 0 Å². The molecule has 0 saturated heterocycles. The molecule has 0 unspecified atom stereocenters. The Bertz CT molecular complexity index is 342. The minimum absolute atomic E-state index is 0.156. The van der Waals surface area contributed by atoms with Gasteiger partial charge in [-0.1, -0.05) is 84.0 Å². The van der Waals surface area contributed by atoms with E-state index in [1.165, 1.54) is 77.0 Å². The molecule has 0 saturated carbocycles. The second-order valence-electron chi connectivity index (χ2n) is 6.64. The Morgan fingerprint density at radius 3 is 1.50 bits per heavy atom. The fraction of sp³-hybridized carbons (Fsp3) is 0.944. The van der Waals surface area contributed by atoms with E-state index >= 15 is 0 Å². The quantitative estimate of drug-likeness (QED) is 0.200. The second kappa shape index (κ2) is 20.8. The minimum Gasteiger partial charge on any atom is -0.355 e. The molecular formula is C18H41N2O5P. The first-order valence-electron chi connectivity index (χ1n) is 10.1. The first-order chi connectivity index (χ1) is 12.3. The van der Waals surface area contributed by atoms with Gasteiger partial charge in [0.2, 0.25) is 5.91 Å². The van der Waals surface area contributed by atoms with Gasteiger partial charge in [-0.05, 0) is 6.42 Å². The molecule has 0 aliphatic carbocycles. The first-order valence-corrected chi connectivity index (χ1v) is 11.6. The van der Waals surface area contributed by atoms with Gasteiger partial charge in [0.25, 0.3) is 0 Å². The summed E-state index contributed by atoms with van der Waals surface area (Å²) in [5.41, 5.74) is 5.34. The summed E-state index contributed by atoms with van der Waals surface area (Å²) in [5, 5.41) is 2.81. The van der Waals surface area contributed by atoms with Crippen molar-refractivity contribution in [1.29, 1.82) is 0 Å². The lowest BCUT2D eigenvalue weighted by Crippen LogP contribution is -2.28. The van der Waals surface area contributed by atoms with Gasteiger partial charge >= 0.3 is 7.82 Å². The Balaban J connectivity index is 0. The molecule has 0 aromatic heterocycles. The molecule has 1 amide bonds. The Morgan fingerprint density at radius 2 is 1.15 bits per heavy atom. The molecule has 0 fully saturated rings. The van der Waals surface area contributed by atoms with E-state index < -0.39 is 7.82 Å². The lowest BCUT2D eigenvalue weighted by molar-refractivity contribution is -0.121. The molecule has 158 valence electrons. The number of amides is 1. The maximum Gasteiger partial charge on any atom is 0.466 e.